The third-order valence-electron chi connectivity index (χ3n) is 4.15. The smallest absolute Gasteiger partial charge is 0.418 e. The lowest BCUT2D eigenvalue weighted by Gasteiger charge is -2.18. The Morgan fingerprint density at radius 1 is 1.17 bits per heavy atom. The summed E-state index contributed by atoms with van der Waals surface area (Å²) < 4.78 is 45.7. The van der Waals surface area contributed by atoms with Gasteiger partial charge in [-0.3, -0.25) is 4.79 Å². The summed E-state index contributed by atoms with van der Waals surface area (Å²) in [5, 5.41) is 4.36. The van der Waals surface area contributed by atoms with Crippen LogP contribution in [-0.4, -0.2) is 32.1 Å². The highest BCUT2D eigenvalue weighted by molar-refractivity contribution is 7.13. The van der Waals surface area contributed by atoms with Crippen molar-refractivity contribution in [1.29, 1.82) is 0 Å². The predicted octanol–water partition coefficient (Wildman–Crippen LogP) is 5.16. The molecule has 1 heterocycles. The molecule has 0 saturated heterocycles. The Bertz CT molecular complexity index is 1030. The van der Waals surface area contributed by atoms with Crippen LogP contribution in [0, 0.1) is 0 Å². The van der Waals surface area contributed by atoms with E-state index in [1.807, 2.05) is 0 Å². The molecule has 2 aromatic carbocycles. The molecule has 0 fully saturated rings. The second kappa shape index (κ2) is 8.12. The van der Waals surface area contributed by atoms with E-state index in [0.717, 1.165) is 6.07 Å². The van der Waals surface area contributed by atoms with Gasteiger partial charge in [-0.1, -0.05) is 12.1 Å². The summed E-state index contributed by atoms with van der Waals surface area (Å²) in [6.07, 6.45) is -4.61. The van der Waals surface area contributed by atoms with Crippen molar-refractivity contribution in [3.05, 3.63) is 59.1 Å². The molecule has 1 amide bonds. The Morgan fingerprint density at radius 3 is 2.55 bits per heavy atom. The summed E-state index contributed by atoms with van der Waals surface area (Å²) in [6, 6.07) is 10.9. The largest absolute Gasteiger partial charge is 0.496 e. The summed E-state index contributed by atoms with van der Waals surface area (Å²) in [7, 11) is 4.81. The van der Waals surface area contributed by atoms with E-state index < -0.39 is 17.6 Å². The van der Waals surface area contributed by atoms with Crippen LogP contribution >= 0.6 is 11.3 Å². The fraction of sp³-hybridized carbons (Fsp3) is 0.200. The maximum Gasteiger partial charge on any atom is 0.418 e. The number of thiazole rings is 1. The fourth-order valence-corrected chi connectivity index (χ4v) is 3.49. The molecule has 0 aliphatic rings. The van der Waals surface area contributed by atoms with Gasteiger partial charge in [0.2, 0.25) is 0 Å². The van der Waals surface area contributed by atoms with Crippen molar-refractivity contribution in [2.24, 2.45) is 0 Å². The summed E-state index contributed by atoms with van der Waals surface area (Å²) in [6.45, 7) is 0. The van der Waals surface area contributed by atoms with Gasteiger partial charge in [-0.05, 0) is 30.3 Å². The van der Waals surface area contributed by atoms with Crippen LogP contribution in [-0.2, 0) is 6.18 Å². The molecule has 152 valence electrons. The molecule has 0 spiro atoms. The highest BCUT2D eigenvalue weighted by atomic mass is 32.1. The number of alkyl halides is 3. The minimum atomic E-state index is -4.61. The van der Waals surface area contributed by atoms with E-state index in [0.29, 0.717) is 22.0 Å². The van der Waals surface area contributed by atoms with Crippen molar-refractivity contribution in [2.45, 2.75) is 6.18 Å². The number of carbonyl (C=O) groups excluding carboxylic acids is 1. The Hall–Kier alpha value is -3.07. The molecule has 0 saturated carbocycles. The molecule has 0 unspecified atom stereocenters. The molecule has 29 heavy (non-hydrogen) atoms. The lowest BCUT2D eigenvalue weighted by atomic mass is 10.1. The average Bonchev–Trinajstić information content (AvgIpc) is 3.17. The minimum Gasteiger partial charge on any atom is -0.496 e. The first kappa shape index (κ1) is 20.7. The number of nitrogens with zero attached hydrogens (tertiary/aromatic N) is 2. The number of anilines is 2. The summed E-state index contributed by atoms with van der Waals surface area (Å²) >= 11 is 1.21. The molecule has 3 aromatic rings. The van der Waals surface area contributed by atoms with Gasteiger partial charge in [0.05, 0.1) is 23.9 Å². The van der Waals surface area contributed by atoms with Gasteiger partial charge in [0.15, 0.2) is 0 Å². The van der Waals surface area contributed by atoms with Crippen LogP contribution in [0.1, 0.15) is 16.1 Å². The molecular weight excluding hydrogens is 403 g/mol. The Balaban J connectivity index is 1.89. The fourth-order valence-electron chi connectivity index (χ4n) is 2.66. The number of ether oxygens (including phenoxy) is 1. The van der Waals surface area contributed by atoms with Crippen LogP contribution in [0.2, 0.25) is 0 Å². The third-order valence-corrected chi connectivity index (χ3v) is 5.02. The van der Waals surface area contributed by atoms with Crippen LogP contribution in [0.5, 0.6) is 5.75 Å². The lowest BCUT2D eigenvalue weighted by Crippen LogP contribution is -2.18. The predicted molar refractivity (Wildman–Crippen MR) is 108 cm³/mol. The second-order valence-corrected chi connectivity index (χ2v) is 7.17. The first-order chi connectivity index (χ1) is 13.7. The standard InChI is InChI=1S/C20H18F3N3O2S/c1-26(2)12-8-9-15(14(10-12)20(21,22)23)24-18(27)16-11-29-19(25-16)13-6-4-5-7-17(13)28-3/h4-11H,1-3H3,(H,24,27). The molecule has 0 aliphatic heterocycles. The molecule has 0 atom stereocenters. The van der Waals surface area contributed by atoms with E-state index in [4.69, 9.17) is 4.74 Å². The number of hydrogen-bond acceptors (Lipinski definition) is 5. The van der Waals surface area contributed by atoms with Gasteiger partial charge in [-0.15, -0.1) is 11.3 Å². The number of nitrogens with one attached hydrogen (secondary N) is 1. The van der Waals surface area contributed by atoms with E-state index in [9.17, 15) is 18.0 Å². The normalized spacial score (nSPS) is 11.2. The third kappa shape index (κ3) is 4.51. The van der Waals surface area contributed by atoms with E-state index >= 15 is 0 Å². The van der Waals surface area contributed by atoms with Crippen LogP contribution in [0.3, 0.4) is 0 Å². The van der Waals surface area contributed by atoms with E-state index in [2.05, 4.69) is 10.3 Å². The first-order valence-electron chi connectivity index (χ1n) is 8.49. The van der Waals surface area contributed by atoms with Crippen molar-refractivity contribution < 1.29 is 22.7 Å². The van der Waals surface area contributed by atoms with Crippen LogP contribution < -0.4 is 15.0 Å². The number of rotatable bonds is 5. The first-order valence-corrected chi connectivity index (χ1v) is 9.37. The van der Waals surface area contributed by atoms with Crippen molar-refractivity contribution in [3.8, 4) is 16.3 Å². The molecule has 5 nitrogen and oxygen atoms in total. The van der Waals surface area contributed by atoms with Crippen molar-refractivity contribution in [3.63, 3.8) is 0 Å². The molecule has 1 N–H and O–H groups in total. The van der Waals surface area contributed by atoms with Crippen molar-refractivity contribution >= 4 is 28.6 Å². The summed E-state index contributed by atoms with van der Waals surface area (Å²) in [5.74, 6) is -0.127. The highest BCUT2D eigenvalue weighted by Gasteiger charge is 2.34. The van der Waals surface area contributed by atoms with E-state index in [-0.39, 0.29) is 11.4 Å². The van der Waals surface area contributed by atoms with Gasteiger partial charge >= 0.3 is 6.18 Å². The number of para-hydroxylation sites is 1. The number of hydrogen-bond donors (Lipinski definition) is 1. The molecule has 0 aliphatic carbocycles. The second-order valence-electron chi connectivity index (χ2n) is 6.31. The number of amides is 1. The molecule has 0 bridgehead atoms. The SMILES string of the molecule is COc1ccccc1-c1nc(C(=O)Nc2ccc(N(C)C)cc2C(F)(F)F)cs1. The average molecular weight is 421 g/mol. The topological polar surface area (TPSA) is 54.5 Å². The number of carbonyl (C=O) groups is 1. The zero-order chi connectivity index (χ0) is 21.2. The molecule has 3 rings (SSSR count). The van der Waals surface area contributed by atoms with Crippen molar-refractivity contribution in [2.75, 3.05) is 31.4 Å². The van der Waals surface area contributed by atoms with Gasteiger partial charge in [-0.25, -0.2) is 4.98 Å². The van der Waals surface area contributed by atoms with Crippen LogP contribution in [0.15, 0.2) is 47.8 Å². The highest BCUT2D eigenvalue weighted by Crippen LogP contribution is 2.37. The van der Waals surface area contributed by atoms with Gasteiger partial charge in [-0.2, -0.15) is 13.2 Å². The molecular formula is C20H18F3N3O2S. The van der Waals surface area contributed by atoms with Crippen LogP contribution in [0.4, 0.5) is 24.5 Å². The maximum atomic E-state index is 13.5. The minimum absolute atomic E-state index is 0.0284. The monoisotopic (exact) mass is 421 g/mol. The summed E-state index contributed by atoms with van der Waals surface area (Å²) in [4.78, 5) is 18.4. The molecule has 0 radical (unpaired) electrons. The molecule has 9 heteroatoms. The van der Waals surface area contributed by atoms with Gasteiger partial charge < -0.3 is 15.0 Å². The summed E-state index contributed by atoms with van der Waals surface area (Å²) in [5.41, 5.74) is -0.134. The zero-order valence-electron chi connectivity index (χ0n) is 15.9. The van der Waals surface area contributed by atoms with E-state index in [1.54, 1.807) is 43.3 Å². The van der Waals surface area contributed by atoms with Gasteiger partial charge in [0, 0.05) is 25.2 Å². The quantitative estimate of drug-likeness (QED) is 0.619. The Labute approximate surface area is 169 Å². The van der Waals surface area contributed by atoms with Crippen molar-refractivity contribution in [1.82, 2.24) is 4.98 Å². The number of benzene rings is 2. The Morgan fingerprint density at radius 2 is 1.90 bits per heavy atom. The zero-order valence-corrected chi connectivity index (χ0v) is 16.7. The van der Waals surface area contributed by atoms with Gasteiger partial charge in [0.25, 0.3) is 5.91 Å². The van der Waals surface area contributed by atoms with E-state index in [1.165, 1.54) is 36.0 Å². The number of halogens is 3. The Kier molecular flexibility index (Phi) is 5.78. The lowest BCUT2D eigenvalue weighted by molar-refractivity contribution is -0.136. The molecule has 1 aromatic heterocycles. The van der Waals surface area contributed by atoms with Gasteiger partial charge in [0.1, 0.15) is 16.5 Å². The number of methoxy groups -OCH3 is 1. The van der Waals surface area contributed by atoms with Crippen LogP contribution in [0.25, 0.3) is 10.6 Å². The number of aromatic nitrogens is 1. The maximum absolute atomic E-state index is 13.5.